The van der Waals surface area contributed by atoms with Crippen molar-refractivity contribution in [2.75, 3.05) is 18.4 Å². The van der Waals surface area contributed by atoms with Gasteiger partial charge in [-0.2, -0.15) is 0 Å². The van der Waals surface area contributed by atoms with Crippen molar-refractivity contribution < 1.29 is 8.78 Å². The lowest BCUT2D eigenvalue weighted by atomic mass is 10.0. The number of rotatable bonds is 2. The first-order valence-electron chi connectivity index (χ1n) is 8.10. The maximum atomic E-state index is 14.2. The van der Waals surface area contributed by atoms with Crippen LogP contribution in [0.4, 0.5) is 8.78 Å². The maximum absolute atomic E-state index is 14.2. The molecule has 0 saturated heterocycles. The van der Waals surface area contributed by atoms with Crippen LogP contribution in [0.5, 0.6) is 0 Å². The third kappa shape index (κ3) is 3.90. The highest BCUT2D eigenvalue weighted by Crippen LogP contribution is 2.32. The minimum atomic E-state index is -0.843. The van der Waals surface area contributed by atoms with Crippen molar-refractivity contribution in [3.8, 4) is 11.1 Å². The third-order valence-corrected chi connectivity index (χ3v) is 4.18. The van der Waals surface area contributed by atoms with E-state index in [2.05, 4.69) is 21.4 Å². The van der Waals surface area contributed by atoms with E-state index in [9.17, 15) is 8.78 Å². The first kappa shape index (κ1) is 18.8. The molecular weight excluding hydrogens is 379 g/mol. The summed E-state index contributed by atoms with van der Waals surface area (Å²) in [6, 6.07) is 7.92. The number of aromatic amines is 1. The van der Waals surface area contributed by atoms with Gasteiger partial charge in [0.1, 0.15) is 5.65 Å². The Morgan fingerprint density at radius 1 is 1.12 bits per heavy atom. The molecule has 1 aliphatic heterocycles. The van der Waals surface area contributed by atoms with E-state index in [-0.39, 0.29) is 10.9 Å². The lowest BCUT2D eigenvalue weighted by Gasteiger charge is -2.12. The molecule has 1 aromatic carbocycles. The van der Waals surface area contributed by atoms with Gasteiger partial charge in [-0.3, -0.25) is 0 Å². The minimum absolute atomic E-state index is 0.194. The van der Waals surface area contributed by atoms with Gasteiger partial charge >= 0.3 is 0 Å². The fraction of sp³-hybridized carbons (Fsp3) is 0.211. The summed E-state index contributed by atoms with van der Waals surface area (Å²) in [5, 5.41) is 4.26. The number of aromatic nitrogens is 2. The first-order chi connectivity index (χ1) is 12.7. The molecule has 3 heterocycles. The summed E-state index contributed by atoms with van der Waals surface area (Å²) < 4.78 is 27.7. The molecular formula is C19H17Cl2F2N3. The van der Waals surface area contributed by atoms with Crippen LogP contribution in [0.3, 0.4) is 0 Å². The van der Waals surface area contributed by atoms with Gasteiger partial charge in [-0.05, 0) is 42.3 Å². The number of pyridine rings is 1. The highest BCUT2D eigenvalue weighted by Gasteiger charge is 2.16. The van der Waals surface area contributed by atoms with Gasteiger partial charge in [0.2, 0.25) is 0 Å². The fourth-order valence-electron chi connectivity index (χ4n) is 3.01. The monoisotopic (exact) mass is 395 g/mol. The standard InChI is InChI=1S/C18H15F2N3.CH2Cl2/c19-15-3-1-2-13(17(15)20)12-6-9-22-18-14(12)10-16(23-18)11-4-7-21-8-5-11;2-1-3/h1-4,6,9-10,21H,5,7-8H2,(H,22,23);1H2. The lowest BCUT2D eigenvalue weighted by Crippen LogP contribution is -2.20. The molecule has 4 rings (SSSR count). The predicted molar refractivity (Wildman–Crippen MR) is 103 cm³/mol. The van der Waals surface area contributed by atoms with Crippen molar-refractivity contribution in [3.63, 3.8) is 0 Å². The van der Waals surface area contributed by atoms with Gasteiger partial charge in [-0.25, -0.2) is 13.8 Å². The van der Waals surface area contributed by atoms with E-state index in [1.165, 1.54) is 11.6 Å². The average molecular weight is 396 g/mol. The van der Waals surface area contributed by atoms with Gasteiger partial charge in [0.15, 0.2) is 11.6 Å². The molecule has 2 N–H and O–H groups in total. The Morgan fingerprint density at radius 3 is 2.65 bits per heavy atom. The van der Waals surface area contributed by atoms with E-state index in [1.54, 1.807) is 18.3 Å². The molecule has 0 saturated carbocycles. The highest BCUT2D eigenvalue weighted by atomic mass is 35.5. The average Bonchev–Trinajstić information content (AvgIpc) is 3.10. The fourth-order valence-corrected chi connectivity index (χ4v) is 3.01. The summed E-state index contributed by atoms with van der Waals surface area (Å²) in [7, 11) is 0. The number of fused-ring (bicyclic) bond motifs is 1. The number of nitrogens with one attached hydrogen (secondary N) is 2. The predicted octanol–water partition coefficient (Wildman–Crippen LogP) is 5.31. The summed E-state index contributed by atoms with van der Waals surface area (Å²) >= 11 is 9.53. The molecule has 0 fully saturated rings. The molecule has 136 valence electrons. The van der Waals surface area contributed by atoms with Crippen LogP contribution in [0.15, 0.2) is 42.6 Å². The molecule has 0 amide bonds. The largest absolute Gasteiger partial charge is 0.339 e. The van der Waals surface area contributed by atoms with E-state index in [0.29, 0.717) is 11.2 Å². The van der Waals surface area contributed by atoms with Gasteiger partial charge in [0.05, 0.1) is 5.34 Å². The van der Waals surface area contributed by atoms with E-state index in [4.69, 9.17) is 23.2 Å². The Hall–Kier alpha value is -1.95. The summed E-state index contributed by atoms with van der Waals surface area (Å²) in [4.78, 5) is 7.61. The highest BCUT2D eigenvalue weighted by molar-refractivity contribution is 6.40. The zero-order valence-corrected chi connectivity index (χ0v) is 15.3. The third-order valence-electron chi connectivity index (χ3n) is 4.18. The summed E-state index contributed by atoms with van der Waals surface area (Å²) in [6.07, 6.45) is 4.67. The van der Waals surface area contributed by atoms with Crippen molar-refractivity contribution >= 4 is 39.8 Å². The van der Waals surface area contributed by atoms with Crippen LogP contribution < -0.4 is 5.32 Å². The normalized spacial score (nSPS) is 13.9. The number of H-pyrrole nitrogens is 1. The number of nitrogens with zero attached hydrogens (tertiary/aromatic N) is 1. The molecule has 0 bridgehead atoms. The Morgan fingerprint density at radius 2 is 1.92 bits per heavy atom. The van der Waals surface area contributed by atoms with Gasteiger partial charge in [-0.15, -0.1) is 23.2 Å². The summed E-state index contributed by atoms with van der Waals surface area (Å²) in [5.41, 5.74) is 3.78. The zero-order valence-electron chi connectivity index (χ0n) is 13.8. The van der Waals surface area contributed by atoms with Crippen LogP contribution in [0.1, 0.15) is 12.1 Å². The van der Waals surface area contributed by atoms with Crippen LogP contribution in [0.25, 0.3) is 27.7 Å². The van der Waals surface area contributed by atoms with Crippen LogP contribution in [-0.2, 0) is 0 Å². The Bertz CT molecular complexity index is 938. The van der Waals surface area contributed by atoms with E-state index in [0.717, 1.165) is 36.7 Å². The molecule has 1 aliphatic rings. The topological polar surface area (TPSA) is 40.7 Å². The second-order valence-electron chi connectivity index (χ2n) is 5.69. The van der Waals surface area contributed by atoms with Crippen LogP contribution in [-0.4, -0.2) is 28.4 Å². The molecule has 7 heteroatoms. The molecule has 0 atom stereocenters. The second kappa shape index (κ2) is 8.62. The maximum Gasteiger partial charge on any atom is 0.166 e. The van der Waals surface area contributed by atoms with Gasteiger partial charge in [-0.1, -0.05) is 18.2 Å². The van der Waals surface area contributed by atoms with E-state index >= 15 is 0 Å². The SMILES string of the molecule is ClCCl.Fc1cccc(-c2ccnc3[nH]c(C4=CCNCC4)cc23)c1F. The Labute approximate surface area is 160 Å². The number of hydrogen-bond acceptors (Lipinski definition) is 2. The molecule has 26 heavy (non-hydrogen) atoms. The van der Waals surface area contributed by atoms with Crippen LogP contribution >= 0.6 is 23.2 Å². The molecule has 2 aromatic heterocycles. The summed E-state index contributed by atoms with van der Waals surface area (Å²) in [6.45, 7) is 1.77. The van der Waals surface area contributed by atoms with Crippen LogP contribution in [0.2, 0.25) is 0 Å². The van der Waals surface area contributed by atoms with Crippen molar-refractivity contribution in [2.24, 2.45) is 0 Å². The number of halogens is 4. The number of alkyl halides is 2. The van der Waals surface area contributed by atoms with Crippen LogP contribution in [0, 0.1) is 11.6 Å². The second-order valence-corrected chi connectivity index (χ2v) is 6.50. The Balaban J connectivity index is 0.000000613. The molecule has 3 nitrogen and oxygen atoms in total. The number of benzene rings is 1. The Kier molecular flexibility index (Phi) is 6.25. The minimum Gasteiger partial charge on any atom is -0.339 e. The van der Waals surface area contributed by atoms with Crippen molar-refractivity contribution in [3.05, 3.63) is 59.9 Å². The van der Waals surface area contributed by atoms with E-state index < -0.39 is 11.6 Å². The first-order valence-corrected chi connectivity index (χ1v) is 9.16. The van der Waals surface area contributed by atoms with Gasteiger partial charge in [0, 0.05) is 29.4 Å². The molecule has 3 aromatic rings. The number of hydrogen-bond donors (Lipinski definition) is 2. The molecule has 0 spiro atoms. The van der Waals surface area contributed by atoms with Gasteiger partial charge in [0.25, 0.3) is 0 Å². The van der Waals surface area contributed by atoms with Crippen molar-refractivity contribution in [1.82, 2.24) is 15.3 Å². The zero-order chi connectivity index (χ0) is 18.5. The van der Waals surface area contributed by atoms with Crippen molar-refractivity contribution in [1.29, 1.82) is 0 Å². The van der Waals surface area contributed by atoms with Crippen molar-refractivity contribution in [2.45, 2.75) is 6.42 Å². The quantitative estimate of drug-likeness (QED) is 0.577. The van der Waals surface area contributed by atoms with Gasteiger partial charge < -0.3 is 10.3 Å². The molecule has 0 aliphatic carbocycles. The smallest absolute Gasteiger partial charge is 0.166 e. The lowest BCUT2D eigenvalue weighted by molar-refractivity contribution is 0.511. The van der Waals surface area contributed by atoms with E-state index in [1.807, 2.05) is 6.07 Å². The molecule has 0 unspecified atom stereocenters. The molecule has 0 radical (unpaired) electrons. The summed E-state index contributed by atoms with van der Waals surface area (Å²) in [5.74, 6) is -1.67.